The van der Waals surface area contributed by atoms with Gasteiger partial charge in [0.25, 0.3) is 0 Å². The standard InChI is InChI=1S/C12H13BrClN3/c1-17-12(10(14)7-16-17)11(15)6-8-3-2-4-9(13)5-8/h2-5,7,11H,6,15H2,1H3. The van der Waals surface area contributed by atoms with Crippen LogP contribution in [0.5, 0.6) is 0 Å². The molecule has 2 N–H and O–H groups in total. The van der Waals surface area contributed by atoms with E-state index in [9.17, 15) is 0 Å². The Morgan fingerprint density at radius 2 is 2.29 bits per heavy atom. The highest BCUT2D eigenvalue weighted by molar-refractivity contribution is 9.10. The molecule has 1 unspecified atom stereocenters. The summed E-state index contributed by atoms with van der Waals surface area (Å²) in [6.45, 7) is 0. The summed E-state index contributed by atoms with van der Waals surface area (Å²) in [6.07, 6.45) is 2.36. The van der Waals surface area contributed by atoms with Crippen molar-refractivity contribution in [1.29, 1.82) is 0 Å². The monoisotopic (exact) mass is 313 g/mol. The molecule has 0 amide bonds. The molecule has 1 aromatic carbocycles. The van der Waals surface area contributed by atoms with Crippen molar-refractivity contribution in [3.05, 3.63) is 51.2 Å². The maximum atomic E-state index is 6.16. The number of hydrogen-bond donors (Lipinski definition) is 1. The van der Waals surface area contributed by atoms with Gasteiger partial charge in [0.15, 0.2) is 0 Å². The Balaban J connectivity index is 2.20. The normalized spacial score (nSPS) is 12.7. The fraction of sp³-hybridized carbons (Fsp3) is 0.250. The van der Waals surface area contributed by atoms with Crippen LogP contribution in [0.15, 0.2) is 34.9 Å². The highest BCUT2D eigenvalue weighted by Gasteiger charge is 2.15. The lowest BCUT2D eigenvalue weighted by Gasteiger charge is -2.13. The van der Waals surface area contributed by atoms with E-state index in [-0.39, 0.29) is 6.04 Å². The predicted octanol–water partition coefficient (Wildman–Crippen LogP) is 3.08. The Labute approximate surface area is 114 Å². The molecule has 5 heteroatoms. The minimum atomic E-state index is -0.149. The van der Waals surface area contributed by atoms with Crippen molar-refractivity contribution in [2.24, 2.45) is 12.8 Å². The van der Waals surface area contributed by atoms with E-state index < -0.39 is 0 Å². The van der Waals surface area contributed by atoms with Crippen LogP contribution in [0.3, 0.4) is 0 Å². The fourth-order valence-electron chi connectivity index (χ4n) is 1.85. The molecule has 0 radical (unpaired) electrons. The quantitative estimate of drug-likeness (QED) is 0.946. The van der Waals surface area contributed by atoms with Gasteiger partial charge in [-0.05, 0) is 24.1 Å². The lowest BCUT2D eigenvalue weighted by atomic mass is 10.0. The van der Waals surface area contributed by atoms with E-state index in [2.05, 4.69) is 33.2 Å². The third-order valence-corrected chi connectivity index (χ3v) is 3.42. The predicted molar refractivity (Wildman–Crippen MR) is 73.0 cm³/mol. The van der Waals surface area contributed by atoms with Crippen molar-refractivity contribution in [1.82, 2.24) is 9.78 Å². The number of rotatable bonds is 3. The number of benzene rings is 1. The average Bonchev–Trinajstić information content (AvgIpc) is 2.58. The zero-order chi connectivity index (χ0) is 12.4. The molecule has 1 aromatic heterocycles. The van der Waals surface area contributed by atoms with Crippen molar-refractivity contribution in [2.75, 3.05) is 0 Å². The first kappa shape index (κ1) is 12.6. The van der Waals surface area contributed by atoms with Crippen LogP contribution in [-0.4, -0.2) is 9.78 Å². The van der Waals surface area contributed by atoms with Gasteiger partial charge >= 0.3 is 0 Å². The largest absolute Gasteiger partial charge is 0.322 e. The van der Waals surface area contributed by atoms with E-state index in [0.717, 1.165) is 16.6 Å². The van der Waals surface area contributed by atoms with Gasteiger partial charge in [-0.1, -0.05) is 39.7 Å². The summed E-state index contributed by atoms with van der Waals surface area (Å²) in [6, 6.07) is 7.95. The summed E-state index contributed by atoms with van der Waals surface area (Å²) in [7, 11) is 1.85. The minimum Gasteiger partial charge on any atom is -0.322 e. The molecule has 3 nitrogen and oxygen atoms in total. The Kier molecular flexibility index (Phi) is 3.86. The molecule has 2 rings (SSSR count). The Hall–Kier alpha value is -0.840. The second kappa shape index (κ2) is 5.21. The van der Waals surface area contributed by atoms with Crippen molar-refractivity contribution in [3.63, 3.8) is 0 Å². The highest BCUT2D eigenvalue weighted by Crippen LogP contribution is 2.24. The van der Waals surface area contributed by atoms with Crippen molar-refractivity contribution < 1.29 is 0 Å². The molecule has 17 heavy (non-hydrogen) atoms. The van der Waals surface area contributed by atoms with Gasteiger partial charge < -0.3 is 5.73 Å². The van der Waals surface area contributed by atoms with Crippen molar-refractivity contribution in [2.45, 2.75) is 12.5 Å². The Bertz CT molecular complexity index is 505. The molecule has 0 aliphatic carbocycles. The lowest BCUT2D eigenvalue weighted by molar-refractivity contribution is 0.617. The van der Waals surface area contributed by atoms with E-state index in [1.165, 1.54) is 5.56 Å². The number of aromatic nitrogens is 2. The Morgan fingerprint density at radius 3 is 2.88 bits per heavy atom. The van der Waals surface area contributed by atoms with Gasteiger partial charge in [0.05, 0.1) is 23.0 Å². The number of hydrogen-bond acceptors (Lipinski definition) is 2. The number of aryl methyl sites for hydroxylation is 1. The second-order valence-corrected chi connectivity index (χ2v) is 5.26. The van der Waals surface area contributed by atoms with E-state index >= 15 is 0 Å². The van der Waals surface area contributed by atoms with Crippen LogP contribution < -0.4 is 5.73 Å². The third kappa shape index (κ3) is 2.89. The summed E-state index contributed by atoms with van der Waals surface area (Å²) in [5.74, 6) is 0. The molecule has 0 aliphatic heterocycles. The highest BCUT2D eigenvalue weighted by atomic mass is 79.9. The smallest absolute Gasteiger partial charge is 0.0834 e. The number of nitrogens with two attached hydrogens (primary N) is 1. The van der Waals surface area contributed by atoms with Gasteiger partial charge in [-0.25, -0.2) is 0 Å². The van der Waals surface area contributed by atoms with Crippen LogP contribution in [0, 0.1) is 0 Å². The summed E-state index contributed by atoms with van der Waals surface area (Å²) in [5, 5.41) is 4.71. The molecule has 90 valence electrons. The fourth-order valence-corrected chi connectivity index (χ4v) is 2.60. The molecule has 0 saturated heterocycles. The molecular formula is C12H13BrClN3. The van der Waals surface area contributed by atoms with Crippen LogP contribution in [0.1, 0.15) is 17.3 Å². The SMILES string of the molecule is Cn1ncc(Cl)c1C(N)Cc1cccc(Br)c1. The number of halogens is 2. The first-order chi connectivity index (χ1) is 8.08. The Morgan fingerprint density at radius 1 is 1.53 bits per heavy atom. The van der Waals surface area contributed by atoms with Gasteiger partial charge in [0.2, 0.25) is 0 Å². The summed E-state index contributed by atoms with van der Waals surface area (Å²) in [4.78, 5) is 0. The summed E-state index contributed by atoms with van der Waals surface area (Å²) >= 11 is 9.51. The van der Waals surface area contributed by atoms with Crippen LogP contribution in [0.2, 0.25) is 5.02 Å². The summed E-state index contributed by atoms with van der Waals surface area (Å²) in [5.41, 5.74) is 8.20. The van der Waals surface area contributed by atoms with Crippen LogP contribution in [-0.2, 0) is 13.5 Å². The van der Waals surface area contributed by atoms with Gasteiger partial charge in [0.1, 0.15) is 0 Å². The molecule has 0 bridgehead atoms. The van der Waals surface area contributed by atoms with E-state index in [0.29, 0.717) is 5.02 Å². The topological polar surface area (TPSA) is 43.8 Å². The van der Waals surface area contributed by atoms with Gasteiger partial charge in [-0.2, -0.15) is 5.10 Å². The zero-order valence-electron chi connectivity index (χ0n) is 9.40. The van der Waals surface area contributed by atoms with Gasteiger partial charge in [-0.15, -0.1) is 0 Å². The van der Waals surface area contributed by atoms with Crippen LogP contribution in [0.25, 0.3) is 0 Å². The van der Waals surface area contributed by atoms with E-state index in [4.69, 9.17) is 17.3 Å². The molecule has 0 fully saturated rings. The summed E-state index contributed by atoms with van der Waals surface area (Å²) < 4.78 is 2.78. The maximum absolute atomic E-state index is 6.16. The van der Waals surface area contributed by atoms with Gasteiger partial charge in [0, 0.05) is 11.5 Å². The molecule has 0 aliphatic rings. The molecule has 1 heterocycles. The third-order valence-electron chi connectivity index (χ3n) is 2.63. The zero-order valence-corrected chi connectivity index (χ0v) is 11.7. The minimum absolute atomic E-state index is 0.149. The molecule has 0 saturated carbocycles. The molecule has 0 spiro atoms. The van der Waals surface area contributed by atoms with Crippen molar-refractivity contribution >= 4 is 27.5 Å². The average molecular weight is 315 g/mol. The molecule has 1 atom stereocenters. The van der Waals surface area contributed by atoms with Crippen LogP contribution >= 0.6 is 27.5 Å². The van der Waals surface area contributed by atoms with E-state index in [1.54, 1.807) is 10.9 Å². The first-order valence-corrected chi connectivity index (χ1v) is 6.42. The lowest BCUT2D eigenvalue weighted by Crippen LogP contribution is -2.17. The first-order valence-electron chi connectivity index (χ1n) is 5.25. The number of nitrogens with zero attached hydrogens (tertiary/aromatic N) is 2. The second-order valence-electron chi connectivity index (χ2n) is 3.94. The van der Waals surface area contributed by atoms with Crippen molar-refractivity contribution in [3.8, 4) is 0 Å². The molecular weight excluding hydrogens is 302 g/mol. The maximum Gasteiger partial charge on any atom is 0.0834 e. The molecule has 2 aromatic rings. The van der Waals surface area contributed by atoms with E-state index in [1.807, 2.05) is 19.2 Å². The van der Waals surface area contributed by atoms with Crippen LogP contribution in [0.4, 0.5) is 0 Å². The van der Waals surface area contributed by atoms with Gasteiger partial charge in [-0.3, -0.25) is 4.68 Å².